The Morgan fingerprint density at radius 2 is 2.12 bits per heavy atom. The van der Waals surface area contributed by atoms with Crippen molar-refractivity contribution in [3.63, 3.8) is 0 Å². The van der Waals surface area contributed by atoms with E-state index in [0.29, 0.717) is 16.1 Å². The number of carbonyl (C=O) groups excluding carboxylic acids is 2. The van der Waals surface area contributed by atoms with Gasteiger partial charge in [0, 0.05) is 10.6 Å². The van der Waals surface area contributed by atoms with Crippen molar-refractivity contribution in [3.8, 4) is 6.07 Å². The number of nitrogens with zero attached hydrogens (tertiary/aromatic N) is 1. The number of amides is 1. The van der Waals surface area contributed by atoms with Gasteiger partial charge in [-0.05, 0) is 50.1 Å². The van der Waals surface area contributed by atoms with Crippen molar-refractivity contribution in [2.24, 2.45) is 0 Å². The summed E-state index contributed by atoms with van der Waals surface area (Å²) in [6, 6.07) is 10.4. The van der Waals surface area contributed by atoms with Gasteiger partial charge in [0.15, 0.2) is 6.10 Å². The summed E-state index contributed by atoms with van der Waals surface area (Å²) in [5.41, 5.74) is 2.04. The van der Waals surface area contributed by atoms with Gasteiger partial charge in [-0.25, -0.2) is 4.79 Å². The Labute approximate surface area is 144 Å². The van der Waals surface area contributed by atoms with Crippen LogP contribution < -0.4 is 5.32 Å². The molecule has 5 nitrogen and oxygen atoms in total. The Kier molecular flexibility index (Phi) is 5.72. The molecule has 1 heterocycles. The fourth-order valence-corrected chi connectivity index (χ4v) is 3.15. The van der Waals surface area contributed by atoms with E-state index >= 15 is 0 Å². The zero-order chi connectivity index (χ0) is 17.7. The summed E-state index contributed by atoms with van der Waals surface area (Å²) in [4.78, 5) is 25.9. The van der Waals surface area contributed by atoms with Crippen LogP contribution in [0, 0.1) is 18.3 Å². The van der Waals surface area contributed by atoms with Gasteiger partial charge in [-0.3, -0.25) is 4.79 Å². The number of benzene rings is 1. The summed E-state index contributed by atoms with van der Waals surface area (Å²) in [6.45, 7) is 5.50. The third kappa shape index (κ3) is 4.21. The second-order valence-corrected chi connectivity index (χ2v) is 6.53. The monoisotopic (exact) mass is 342 g/mol. The molecule has 0 aliphatic carbocycles. The summed E-state index contributed by atoms with van der Waals surface area (Å²) >= 11 is 1.37. The zero-order valence-electron chi connectivity index (χ0n) is 13.8. The Hall–Kier alpha value is -2.65. The first kappa shape index (κ1) is 17.7. The first-order chi connectivity index (χ1) is 11.4. The third-order valence-electron chi connectivity index (χ3n) is 3.51. The third-order valence-corrected chi connectivity index (χ3v) is 4.59. The lowest BCUT2D eigenvalue weighted by atomic mass is 10.2. The van der Waals surface area contributed by atoms with Crippen LogP contribution in [0.15, 0.2) is 30.3 Å². The molecule has 1 amide bonds. The summed E-state index contributed by atoms with van der Waals surface area (Å²) in [7, 11) is 0. The van der Waals surface area contributed by atoms with Crippen LogP contribution in [-0.4, -0.2) is 18.0 Å². The van der Waals surface area contributed by atoms with Gasteiger partial charge < -0.3 is 10.1 Å². The number of thiophene rings is 1. The molecule has 124 valence electrons. The summed E-state index contributed by atoms with van der Waals surface area (Å²) < 4.78 is 5.23. The molecular weight excluding hydrogens is 324 g/mol. The zero-order valence-corrected chi connectivity index (χ0v) is 14.6. The molecule has 1 aromatic carbocycles. The molecule has 2 rings (SSSR count). The fourth-order valence-electron chi connectivity index (χ4n) is 2.15. The van der Waals surface area contributed by atoms with Gasteiger partial charge in [-0.15, -0.1) is 11.3 Å². The Bertz CT molecular complexity index is 805. The first-order valence-electron chi connectivity index (χ1n) is 7.56. The van der Waals surface area contributed by atoms with Gasteiger partial charge >= 0.3 is 5.97 Å². The summed E-state index contributed by atoms with van der Waals surface area (Å²) in [6.07, 6.45) is -0.0864. The minimum atomic E-state index is -0.935. The van der Waals surface area contributed by atoms with Crippen LogP contribution in [0.25, 0.3) is 0 Å². The molecule has 24 heavy (non-hydrogen) atoms. The minimum Gasteiger partial charge on any atom is -0.448 e. The number of rotatable bonds is 5. The highest BCUT2D eigenvalue weighted by atomic mass is 32.1. The molecule has 1 N–H and O–H groups in total. The number of hydrogen-bond acceptors (Lipinski definition) is 5. The van der Waals surface area contributed by atoms with Crippen molar-refractivity contribution < 1.29 is 14.3 Å². The van der Waals surface area contributed by atoms with E-state index in [4.69, 9.17) is 10.00 Å². The van der Waals surface area contributed by atoms with Crippen LogP contribution in [0.1, 0.15) is 39.5 Å². The van der Waals surface area contributed by atoms with E-state index in [1.807, 2.05) is 26.0 Å². The minimum absolute atomic E-state index is 0.442. The maximum atomic E-state index is 12.2. The predicted molar refractivity (Wildman–Crippen MR) is 93.1 cm³/mol. The van der Waals surface area contributed by atoms with Crippen LogP contribution in [0.4, 0.5) is 5.69 Å². The topological polar surface area (TPSA) is 79.2 Å². The van der Waals surface area contributed by atoms with Crippen LogP contribution in [-0.2, 0) is 16.0 Å². The van der Waals surface area contributed by atoms with Gasteiger partial charge in [0.2, 0.25) is 0 Å². The van der Waals surface area contributed by atoms with E-state index < -0.39 is 18.0 Å². The van der Waals surface area contributed by atoms with Crippen molar-refractivity contribution in [2.75, 3.05) is 5.32 Å². The number of nitriles is 1. The quantitative estimate of drug-likeness (QED) is 0.841. The molecule has 1 atom stereocenters. The van der Waals surface area contributed by atoms with E-state index in [0.717, 1.165) is 16.9 Å². The van der Waals surface area contributed by atoms with Gasteiger partial charge in [0.05, 0.1) is 11.6 Å². The number of anilines is 1. The Morgan fingerprint density at radius 1 is 1.38 bits per heavy atom. The molecular formula is C18H18N2O3S. The number of nitrogens with one attached hydrogen (secondary N) is 1. The maximum absolute atomic E-state index is 12.2. The van der Waals surface area contributed by atoms with E-state index in [1.165, 1.54) is 18.3 Å². The predicted octanol–water partition coefficient (Wildman–Crippen LogP) is 3.67. The van der Waals surface area contributed by atoms with E-state index in [-0.39, 0.29) is 0 Å². The molecule has 1 aromatic heterocycles. The van der Waals surface area contributed by atoms with Gasteiger partial charge in [0.1, 0.15) is 4.88 Å². The average molecular weight is 342 g/mol. The van der Waals surface area contributed by atoms with Gasteiger partial charge in [-0.2, -0.15) is 5.26 Å². The number of aryl methyl sites for hydroxylation is 2. The smallest absolute Gasteiger partial charge is 0.349 e. The SMILES string of the molecule is CCc1cc(C(=O)O[C@H](C)C(=O)Nc2cccc(C#N)c2)sc1C. The molecule has 0 aliphatic rings. The lowest BCUT2D eigenvalue weighted by molar-refractivity contribution is -0.123. The van der Waals surface area contributed by atoms with Crippen LogP contribution in [0.2, 0.25) is 0 Å². The molecule has 2 aromatic rings. The van der Waals surface area contributed by atoms with Crippen molar-refractivity contribution in [2.45, 2.75) is 33.3 Å². The standard InChI is InChI=1S/C18H18N2O3S/c1-4-14-9-16(24-12(14)3)18(22)23-11(2)17(21)20-15-7-5-6-13(8-15)10-19/h5-9,11H,4H2,1-3H3,(H,20,21)/t11-/m1/s1. The molecule has 0 saturated heterocycles. The Morgan fingerprint density at radius 3 is 2.75 bits per heavy atom. The van der Waals surface area contributed by atoms with Gasteiger partial charge in [-0.1, -0.05) is 13.0 Å². The summed E-state index contributed by atoms with van der Waals surface area (Å²) in [5.74, 6) is -0.946. The Balaban J connectivity index is 2.00. The lowest BCUT2D eigenvalue weighted by Gasteiger charge is -2.13. The average Bonchev–Trinajstić information content (AvgIpc) is 2.96. The summed E-state index contributed by atoms with van der Waals surface area (Å²) in [5, 5.41) is 11.5. The van der Waals surface area contributed by atoms with E-state index in [9.17, 15) is 9.59 Å². The van der Waals surface area contributed by atoms with Crippen molar-refractivity contribution in [1.82, 2.24) is 0 Å². The van der Waals surface area contributed by atoms with E-state index in [1.54, 1.807) is 24.3 Å². The normalized spacial score (nSPS) is 11.4. The number of hydrogen-bond donors (Lipinski definition) is 1. The molecule has 6 heteroatoms. The second-order valence-electron chi connectivity index (χ2n) is 5.28. The molecule has 0 spiro atoms. The van der Waals surface area contributed by atoms with Crippen LogP contribution in [0.5, 0.6) is 0 Å². The maximum Gasteiger partial charge on any atom is 0.349 e. The molecule has 0 saturated carbocycles. The molecule has 0 fully saturated rings. The largest absolute Gasteiger partial charge is 0.448 e. The lowest BCUT2D eigenvalue weighted by Crippen LogP contribution is -2.29. The van der Waals surface area contributed by atoms with Crippen molar-refractivity contribution >= 4 is 28.9 Å². The molecule has 0 unspecified atom stereocenters. The fraction of sp³-hybridized carbons (Fsp3) is 0.278. The van der Waals surface area contributed by atoms with Crippen LogP contribution in [0.3, 0.4) is 0 Å². The first-order valence-corrected chi connectivity index (χ1v) is 8.37. The van der Waals surface area contributed by atoms with Crippen LogP contribution >= 0.6 is 11.3 Å². The van der Waals surface area contributed by atoms with Crippen molar-refractivity contribution in [1.29, 1.82) is 5.26 Å². The number of esters is 1. The molecule has 0 radical (unpaired) electrons. The van der Waals surface area contributed by atoms with Gasteiger partial charge in [0.25, 0.3) is 5.91 Å². The van der Waals surface area contributed by atoms with E-state index in [2.05, 4.69) is 5.32 Å². The second kappa shape index (κ2) is 7.75. The molecule has 0 bridgehead atoms. The molecule has 0 aliphatic heterocycles. The highest BCUT2D eigenvalue weighted by molar-refractivity contribution is 7.14. The van der Waals surface area contributed by atoms with Crippen molar-refractivity contribution in [3.05, 3.63) is 51.2 Å². The number of carbonyl (C=O) groups is 2. The highest BCUT2D eigenvalue weighted by Gasteiger charge is 2.21. The number of ether oxygens (including phenoxy) is 1. The highest BCUT2D eigenvalue weighted by Crippen LogP contribution is 2.23.